The highest BCUT2D eigenvalue weighted by Crippen LogP contribution is 2.25. The van der Waals surface area contributed by atoms with E-state index in [1.54, 1.807) is 50.1 Å². The third-order valence-corrected chi connectivity index (χ3v) is 4.74. The van der Waals surface area contributed by atoms with Gasteiger partial charge in [-0.25, -0.2) is 8.42 Å². The van der Waals surface area contributed by atoms with Crippen LogP contribution >= 0.6 is 0 Å². The zero-order valence-corrected chi connectivity index (χ0v) is 12.1. The van der Waals surface area contributed by atoms with Gasteiger partial charge in [0.05, 0.1) is 22.3 Å². The summed E-state index contributed by atoms with van der Waals surface area (Å²) in [5.74, 6) is -1.45. The first-order valence-corrected chi connectivity index (χ1v) is 7.70. The lowest BCUT2D eigenvalue weighted by molar-refractivity contribution is -0.140. The molecule has 0 aliphatic heterocycles. The van der Waals surface area contributed by atoms with E-state index in [9.17, 15) is 13.2 Å². The monoisotopic (exact) mass is 285 g/mol. The van der Waals surface area contributed by atoms with Crippen molar-refractivity contribution in [1.82, 2.24) is 0 Å². The Labute approximate surface area is 113 Å². The van der Waals surface area contributed by atoms with Gasteiger partial charge in [-0.1, -0.05) is 26.0 Å². The first kappa shape index (κ1) is 15.5. The highest BCUT2D eigenvalue weighted by Gasteiger charge is 2.20. The maximum atomic E-state index is 12.0. The van der Waals surface area contributed by atoms with Crippen LogP contribution in [0.25, 0.3) is 0 Å². The molecule has 0 aromatic heterocycles. The molecule has 19 heavy (non-hydrogen) atoms. The molecule has 1 atom stereocenters. The number of nitrogens with zero attached hydrogens (tertiary/aromatic N) is 1. The van der Waals surface area contributed by atoms with Gasteiger partial charge in [0, 0.05) is 13.6 Å². The quantitative estimate of drug-likeness (QED) is 0.860. The lowest BCUT2D eigenvalue weighted by Gasteiger charge is -2.23. The molecule has 6 heteroatoms. The third-order valence-electron chi connectivity index (χ3n) is 2.96. The molecular weight excluding hydrogens is 266 g/mol. The van der Waals surface area contributed by atoms with Crippen LogP contribution in [0, 0.1) is 5.92 Å². The van der Waals surface area contributed by atoms with Crippen LogP contribution in [0.1, 0.15) is 13.8 Å². The second-order valence-electron chi connectivity index (χ2n) is 4.49. The van der Waals surface area contributed by atoms with Crippen molar-refractivity contribution >= 4 is 21.5 Å². The molecule has 1 aromatic carbocycles. The number of benzene rings is 1. The summed E-state index contributed by atoms with van der Waals surface area (Å²) in [7, 11) is -1.62. The summed E-state index contributed by atoms with van der Waals surface area (Å²) in [6.07, 6.45) is 0. The summed E-state index contributed by atoms with van der Waals surface area (Å²) >= 11 is 0. The van der Waals surface area contributed by atoms with Crippen molar-refractivity contribution in [2.45, 2.75) is 18.7 Å². The Balaban J connectivity index is 3.11. The van der Waals surface area contributed by atoms with E-state index in [0.29, 0.717) is 5.69 Å². The number of anilines is 1. The smallest absolute Gasteiger partial charge is 0.308 e. The number of para-hydroxylation sites is 1. The molecule has 5 nitrogen and oxygen atoms in total. The molecule has 1 rings (SSSR count). The molecule has 0 amide bonds. The number of sulfone groups is 1. The molecule has 0 spiro atoms. The number of hydrogen-bond acceptors (Lipinski definition) is 4. The Morgan fingerprint density at radius 2 is 1.95 bits per heavy atom. The van der Waals surface area contributed by atoms with E-state index in [0.717, 1.165) is 0 Å². The normalized spacial score (nSPS) is 13.0. The lowest BCUT2D eigenvalue weighted by atomic mass is 10.1. The molecule has 0 fully saturated rings. The van der Waals surface area contributed by atoms with Gasteiger partial charge < -0.3 is 10.0 Å². The van der Waals surface area contributed by atoms with Crippen LogP contribution in [0.3, 0.4) is 0 Å². The second-order valence-corrected chi connectivity index (χ2v) is 6.74. The van der Waals surface area contributed by atoms with Crippen LogP contribution in [0.15, 0.2) is 29.2 Å². The van der Waals surface area contributed by atoms with Crippen molar-refractivity contribution in [3.8, 4) is 0 Å². The summed E-state index contributed by atoms with van der Waals surface area (Å²) < 4.78 is 24.0. The fourth-order valence-corrected chi connectivity index (χ4v) is 2.92. The van der Waals surface area contributed by atoms with E-state index < -0.39 is 21.7 Å². The van der Waals surface area contributed by atoms with E-state index in [4.69, 9.17) is 5.11 Å². The number of hydrogen-bond donors (Lipinski definition) is 1. The van der Waals surface area contributed by atoms with Gasteiger partial charge in [0.1, 0.15) is 0 Å². The molecule has 106 valence electrons. The maximum absolute atomic E-state index is 12.0. The number of carboxylic acid groups (broad SMARTS) is 1. The molecule has 0 aliphatic rings. The van der Waals surface area contributed by atoms with Gasteiger partial charge in [-0.3, -0.25) is 4.79 Å². The minimum absolute atomic E-state index is 0.0202. The van der Waals surface area contributed by atoms with Crippen molar-refractivity contribution in [1.29, 1.82) is 0 Å². The minimum Gasteiger partial charge on any atom is -0.481 e. The van der Waals surface area contributed by atoms with Crippen LogP contribution < -0.4 is 4.90 Å². The Kier molecular flexibility index (Phi) is 4.94. The van der Waals surface area contributed by atoms with E-state index in [1.807, 2.05) is 0 Å². The molecule has 0 aliphatic carbocycles. The van der Waals surface area contributed by atoms with Crippen LogP contribution in [0.5, 0.6) is 0 Å². The molecule has 1 N–H and O–H groups in total. The van der Waals surface area contributed by atoms with Gasteiger partial charge in [0.2, 0.25) is 0 Å². The lowest BCUT2D eigenvalue weighted by Crippen LogP contribution is -2.29. The highest BCUT2D eigenvalue weighted by atomic mass is 32.2. The van der Waals surface area contributed by atoms with E-state index in [1.165, 1.54) is 0 Å². The Morgan fingerprint density at radius 1 is 1.37 bits per heavy atom. The predicted octanol–water partition coefficient (Wildman–Crippen LogP) is 1.64. The largest absolute Gasteiger partial charge is 0.481 e. The number of carbonyl (C=O) groups is 1. The molecule has 0 saturated carbocycles. The molecule has 1 aromatic rings. The van der Waals surface area contributed by atoms with Crippen LogP contribution in [0.2, 0.25) is 0 Å². The summed E-state index contributed by atoms with van der Waals surface area (Å²) in [5.41, 5.74) is 0.539. The Morgan fingerprint density at radius 3 is 2.47 bits per heavy atom. The molecule has 0 radical (unpaired) electrons. The van der Waals surface area contributed by atoms with E-state index >= 15 is 0 Å². The molecule has 0 unspecified atom stereocenters. The second kappa shape index (κ2) is 6.06. The summed E-state index contributed by atoms with van der Waals surface area (Å²) in [6, 6.07) is 6.65. The summed E-state index contributed by atoms with van der Waals surface area (Å²) in [4.78, 5) is 12.8. The molecular formula is C13H19NO4S. The van der Waals surface area contributed by atoms with Crippen molar-refractivity contribution < 1.29 is 18.3 Å². The fourth-order valence-electron chi connectivity index (χ4n) is 1.78. The first-order valence-electron chi connectivity index (χ1n) is 6.05. The SMILES string of the molecule is CCS(=O)(=O)c1ccccc1N(C)C[C@@H](C)C(=O)O. The first-order chi connectivity index (χ1) is 8.79. The van der Waals surface area contributed by atoms with Crippen molar-refractivity contribution in [2.24, 2.45) is 5.92 Å². The fraction of sp³-hybridized carbons (Fsp3) is 0.462. The van der Waals surface area contributed by atoms with Crippen molar-refractivity contribution in [3.05, 3.63) is 24.3 Å². The average Bonchev–Trinajstić information content (AvgIpc) is 2.38. The standard InChI is InChI=1S/C13H19NO4S/c1-4-19(17,18)12-8-6-5-7-11(12)14(3)9-10(2)13(15)16/h5-8,10H,4,9H2,1-3H3,(H,15,16)/t10-/m1/s1. The minimum atomic E-state index is -3.32. The number of carboxylic acids is 1. The van der Waals surface area contributed by atoms with Gasteiger partial charge in [-0.2, -0.15) is 0 Å². The third kappa shape index (κ3) is 3.70. The van der Waals surface area contributed by atoms with Crippen LogP contribution in [0.4, 0.5) is 5.69 Å². The number of rotatable bonds is 6. The van der Waals surface area contributed by atoms with Gasteiger partial charge in [0.15, 0.2) is 9.84 Å². The molecule has 0 bridgehead atoms. The van der Waals surface area contributed by atoms with Crippen molar-refractivity contribution in [2.75, 3.05) is 24.2 Å². The van der Waals surface area contributed by atoms with Gasteiger partial charge in [-0.15, -0.1) is 0 Å². The average molecular weight is 285 g/mol. The van der Waals surface area contributed by atoms with Gasteiger partial charge >= 0.3 is 5.97 Å². The van der Waals surface area contributed by atoms with Crippen LogP contribution in [-0.2, 0) is 14.6 Å². The van der Waals surface area contributed by atoms with Gasteiger partial charge in [0.25, 0.3) is 0 Å². The Bertz CT molecular complexity index is 554. The molecule has 0 heterocycles. The summed E-state index contributed by atoms with van der Waals surface area (Å²) in [5, 5.41) is 8.91. The topological polar surface area (TPSA) is 74.7 Å². The van der Waals surface area contributed by atoms with E-state index in [-0.39, 0.29) is 17.2 Å². The maximum Gasteiger partial charge on any atom is 0.308 e. The zero-order valence-electron chi connectivity index (χ0n) is 11.3. The van der Waals surface area contributed by atoms with E-state index in [2.05, 4.69) is 0 Å². The van der Waals surface area contributed by atoms with Gasteiger partial charge in [-0.05, 0) is 12.1 Å². The predicted molar refractivity (Wildman–Crippen MR) is 74.2 cm³/mol. The molecule has 0 saturated heterocycles. The summed E-state index contributed by atoms with van der Waals surface area (Å²) in [6.45, 7) is 3.44. The highest BCUT2D eigenvalue weighted by molar-refractivity contribution is 7.91. The number of aliphatic carboxylic acids is 1. The van der Waals surface area contributed by atoms with Crippen molar-refractivity contribution in [3.63, 3.8) is 0 Å². The Hall–Kier alpha value is -1.56. The van der Waals surface area contributed by atoms with Crippen LogP contribution in [-0.4, -0.2) is 38.8 Å². The zero-order chi connectivity index (χ0) is 14.6.